The summed E-state index contributed by atoms with van der Waals surface area (Å²) < 4.78 is 0. The predicted octanol–water partition coefficient (Wildman–Crippen LogP) is 2.54. The zero-order chi connectivity index (χ0) is 14.7. The molecular formula is C15H18N4O. The average Bonchev–Trinajstić information content (AvgIpc) is 2.41. The van der Waals surface area contributed by atoms with Crippen molar-refractivity contribution < 1.29 is 4.79 Å². The van der Waals surface area contributed by atoms with E-state index in [0.717, 1.165) is 22.5 Å². The van der Waals surface area contributed by atoms with Crippen LogP contribution in [0, 0.1) is 20.8 Å². The number of hydrazine groups is 1. The van der Waals surface area contributed by atoms with Crippen molar-refractivity contribution in [2.24, 2.45) is 5.84 Å². The average molecular weight is 270 g/mol. The quantitative estimate of drug-likeness (QED) is 0.591. The summed E-state index contributed by atoms with van der Waals surface area (Å²) >= 11 is 0. The fourth-order valence-corrected chi connectivity index (χ4v) is 2.02. The van der Waals surface area contributed by atoms with Crippen LogP contribution in [0.1, 0.15) is 27.2 Å². The molecule has 0 bridgehead atoms. The van der Waals surface area contributed by atoms with Gasteiger partial charge in [0.15, 0.2) is 0 Å². The van der Waals surface area contributed by atoms with Crippen LogP contribution in [-0.2, 0) is 0 Å². The Morgan fingerprint density at radius 1 is 1.15 bits per heavy atom. The molecule has 2 rings (SSSR count). The Balaban J connectivity index is 2.26. The van der Waals surface area contributed by atoms with Crippen molar-refractivity contribution in [3.63, 3.8) is 0 Å². The first-order valence-corrected chi connectivity index (χ1v) is 6.33. The Morgan fingerprint density at radius 2 is 1.90 bits per heavy atom. The molecular weight excluding hydrogens is 252 g/mol. The predicted molar refractivity (Wildman–Crippen MR) is 80.7 cm³/mol. The second-order valence-corrected chi connectivity index (χ2v) is 4.80. The molecule has 0 saturated heterocycles. The summed E-state index contributed by atoms with van der Waals surface area (Å²) in [4.78, 5) is 16.4. The lowest BCUT2D eigenvalue weighted by Crippen LogP contribution is -2.15. The van der Waals surface area contributed by atoms with Crippen LogP contribution in [0.3, 0.4) is 0 Å². The lowest BCUT2D eigenvalue weighted by Gasteiger charge is -2.10. The molecule has 0 aliphatic heterocycles. The van der Waals surface area contributed by atoms with Gasteiger partial charge in [0.2, 0.25) is 0 Å². The van der Waals surface area contributed by atoms with Crippen LogP contribution in [0.2, 0.25) is 0 Å². The number of hydrogen-bond donors (Lipinski definition) is 3. The van der Waals surface area contributed by atoms with E-state index in [1.54, 1.807) is 12.1 Å². The Morgan fingerprint density at radius 3 is 2.55 bits per heavy atom. The van der Waals surface area contributed by atoms with Crippen molar-refractivity contribution in [2.75, 3.05) is 10.7 Å². The highest BCUT2D eigenvalue weighted by atomic mass is 16.1. The number of nitrogens with one attached hydrogen (secondary N) is 2. The molecule has 5 nitrogen and oxygen atoms in total. The van der Waals surface area contributed by atoms with Gasteiger partial charge >= 0.3 is 0 Å². The van der Waals surface area contributed by atoms with Crippen molar-refractivity contribution >= 4 is 17.4 Å². The second-order valence-electron chi connectivity index (χ2n) is 4.80. The zero-order valence-electron chi connectivity index (χ0n) is 11.8. The summed E-state index contributed by atoms with van der Waals surface area (Å²) in [6.07, 6.45) is 0. The molecule has 0 aliphatic carbocycles. The van der Waals surface area contributed by atoms with Crippen molar-refractivity contribution in [1.82, 2.24) is 4.98 Å². The molecule has 1 aromatic heterocycles. The third kappa shape index (κ3) is 3.13. The summed E-state index contributed by atoms with van der Waals surface area (Å²) in [5.74, 6) is 5.62. The number of nitrogens with zero attached hydrogens (tertiary/aromatic N) is 1. The van der Waals surface area contributed by atoms with Gasteiger partial charge in [0.1, 0.15) is 5.82 Å². The van der Waals surface area contributed by atoms with Crippen LogP contribution in [0.25, 0.3) is 0 Å². The molecule has 0 fully saturated rings. The van der Waals surface area contributed by atoms with Crippen molar-refractivity contribution in [2.45, 2.75) is 20.8 Å². The van der Waals surface area contributed by atoms with Crippen molar-refractivity contribution in [3.8, 4) is 0 Å². The third-order valence-electron chi connectivity index (χ3n) is 2.99. The normalized spacial score (nSPS) is 10.2. The molecule has 20 heavy (non-hydrogen) atoms. The molecule has 1 aromatic carbocycles. The minimum Gasteiger partial charge on any atom is -0.322 e. The summed E-state index contributed by atoms with van der Waals surface area (Å²) in [6, 6.07) is 9.23. The van der Waals surface area contributed by atoms with Crippen LogP contribution in [-0.4, -0.2) is 10.9 Å². The van der Waals surface area contributed by atoms with E-state index in [2.05, 4.69) is 15.7 Å². The second kappa shape index (κ2) is 5.71. The Labute approximate surface area is 118 Å². The van der Waals surface area contributed by atoms with Gasteiger partial charge in [0, 0.05) is 16.9 Å². The van der Waals surface area contributed by atoms with Crippen LogP contribution in [0.4, 0.5) is 11.5 Å². The van der Waals surface area contributed by atoms with Crippen molar-refractivity contribution in [3.05, 3.63) is 52.7 Å². The topological polar surface area (TPSA) is 80.0 Å². The van der Waals surface area contributed by atoms with Gasteiger partial charge in [-0.25, -0.2) is 10.8 Å². The number of carbonyl (C=O) groups is 1. The molecule has 2 aromatic rings. The van der Waals surface area contributed by atoms with Crippen LogP contribution in [0.5, 0.6) is 0 Å². The molecule has 0 aliphatic rings. The molecule has 0 atom stereocenters. The van der Waals surface area contributed by atoms with Gasteiger partial charge in [-0.15, -0.1) is 0 Å². The van der Waals surface area contributed by atoms with Gasteiger partial charge in [0.25, 0.3) is 5.91 Å². The molecule has 5 heteroatoms. The van der Waals surface area contributed by atoms with E-state index in [9.17, 15) is 4.79 Å². The van der Waals surface area contributed by atoms with Gasteiger partial charge in [-0.05, 0) is 44.5 Å². The largest absolute Gasteiger partial charge is 0.322 e. The molecule has 0 saturated carbocycles. The van der Waals surface area contributed by atoms with Crippen LogP contribution in [0.15, 0.2) is 30.3 Å². The maximum absolute atomic E-state index is 12.3. The van der Waals surface area contributed by atoms with Crippen molar-refractivity contribution in [1.29, 1.82) is 0 Å². The number of aromatic nitrogens is 1. The number of pyridine rings is 1. The lowest BCUT2D eigenvalue weighted by atomic mass is 10.1. The first kappa shape index (κ1) is 14.0. The molecule has 0 spiro atoms. The zero-order valence-corrected chi connectivity index (χ0v) is 11.8. The van der Waals surface area contributed by atoms with E-state index in [1.807, 2.05) is 39.0 Å². The lowest BCUT2D eigenvalue weighted by molar-refractivity contribution is 0.102. The number of nitrogens with two attached hydrogens (primary N) is 1. The number of aryl methyl sites for hydroxylation is 3. The molecule has 0 radical (unpaired) electrons. The Kier molecular flexibility index (Phi) is 4.00. The number of anilines is 2. The summed E-state index contributed by atoms with van der Waals surface area (Å²) in [7, 11) is 0. The highest BCUT2D eigenvalue weighted by Gasteiger charge is 2.10. The number of amides is 1. The number of carbonyl (C=O) groups excluding carboxylic acids is 1. The number of rotatable bonds is 3. The maximum atomic E-state index is 12.3. The minimum atomic E-state index is -0.182. The number of nitrogen functional groups attached to an aromatic ring is 1. The first-order valence-electron chi connectivity index (χ1n) is 6.33. The molecule has 4 N–H and O–H groups in total. The van der Waals surface area contributed by atoms with Crippen LogP contribution < -0.4 is 16.6 Å². The SMILES string of the molecule is Cc1ccc(NC(=O)c2cc(C)nc(NN)c2)c(C)c1. The first-order chi connectivity index (χ1) is 9.49. The fourth-order valence-electron chi connectivity index (χ4n) is 2.02. The third-order valence-corrected chi connectivity index (χ3v) is 2.99. The van der Waals surface area contributed by atoms with Gasteiger partial charge in [-0.3, -0.25) is 4.79 Å². The van der Waals surface area contributed by atoms with E-state index in [0.29, 0.717) is 11.4 Å². The molecule has 104 valence electrons. The highest BCUT2D eigenvalue weighted by molar-refractivity contribution is 6.05. The van der Waals surface area contributed by atoms with Crippen LogP contribution >= 0.6 is 0 Å². The summed E-state index contributed by atoms with van der Waals surface area (Å²) in [6.45, 7) is 5.80. The highest BCUT2D eigenvalue weighted by Crippen LogP contribution is 2.18. The fraction of sp³-hybridized carbons (Fsp3) is 0.200. The van der Waals surface area contributed by atoms with Gasteiger partial charge in [-0.2, -0.15) is 0 Å². The number of benzene rings is 1. The van der Waals surface area contributed by atoms with Gasteiger partial charge in [-0.1, -0.05) is 17.7 Å². The van der Waals surface area contributed by atoms with Gasteiger partial charge < -0.3 is 10.7 Å². The molecule has 1 amide bonds. The van der Waals surface area contributed by atoms with E-state index in [1.165, 1.54) is 0 Å². The Hall–Kier alpha value is -2.40. The summed E-state index contributed by atoms with van der Waals surface area (Å²) in [5.41, 5.74) is 6.70. The van der Waals surface area contributed by atoms with Gasteiger partial charge in [0.05, 0.1) is 0 Å². The van der Waals surface area contributed by atoms with E-state index in [4.69, 9.17) is 5.84 Å². The smallest absolute Gasteiger partial charge is 0.255 e. The summed E-state index contributed by atoms with van der Waals surface area (Å²) in [5, 5.41) is 2.90. The van der Waals surface area contributed by atoms with E-state index in [-0.39, 0.29) is 5.91 Å². The maximum Gasteiger partial charge on any atom is 0.255 e. The minimum absolute atomic E-state index is 0.182. The standard InChI is InChI=1S/C15H18N4O/c1-9-4-5-13(10(2)6-9)18-15(20)12-7-11(3)17-14(8-12)19-16/h4-8H,16H2,1-3H3,(H,17,19)(H,18,20). The number of hydrogen-bond acceptors (Lipinski definition) is 4. The molecule has 1 heterocycles. The monoisotopic (exact) mass is 270 g/mol. The Bertz CT molecular complexity index is 652. The molecule has 0 unspecified atom stereocenters. The van der Waals surface area contributed by atoms with E-state index < -0.39 is 0 Å². The van der Waals surface area contributed by atoms with E-state index >= 15 is 0 Å².